The zero-order valence-electron chi connectivity index (χ0n) is 9.78. The van der Waals surface area contributed by atoms with Crippen LogP contribution in [-0.4, -0.2) is 28.6 Å². The number of nitro benzene ring substituents is 1. The number of ether oxygens (including phenoxy) is 1. The SMILES string of the molecule is CCOC(=O)[C@H](N)[C@H](O)c1cccc([N+](=O)[O-])c1. The highest BCUT2D eigenvalue weighted by molar-refractivity contribution is 5.76. The first kappa shape index (κ1) is 14.1. The Balaban J connectivity index is 2.89. The maximum Gasteiger partial charge on any atom is 0.325 e. The van der Waals surface area contributed by atoms with Crippen LogP contribution in [0.2, 0.25) is 0 Å². The normalized spacial score (nSPS) is 13.7. The Bertz CT molecular complexity index is 449. The largest absolute Gasteiger partial charge is 0.465 e. The maximum atomic E-state index is 11.3. The van der Waals surface area contributed by atoms with E-state index in [1.54, 1.807) is 6.92 Å². The van der Waals surface area contributed by atoms with Crippen LogP contribution in [0.15, 0.2) is 24.3 Å². The fourth-order valence-electron chi connectivity index (χ4n) is 1.40. The van der Waals surface area contributed by atoms with Gasteiger partial charge in [-0.05, 0) is 12.5 Å². The van der Waals surface area contributed by atoms with Gasteiger partial charge in [0.2, 0.25) is 0 Å². The molecule has 0 aliphatic carbocycles. The van der Waals surface area contributed by atoms with Crippen molar-refractivity contribution >= 4 is 11.7 Å². The Labute approximate surface area is 103 Å². The van der Waals surface area contributed by atoms with Crippen molar-refractivity contribution in [3.8, 4) is 0 Å². The standard InChI is InChI=1S/C11H14N2O5/c1-2-18-11(15)9(12)10(14)7-4-3-5-8(6-7)13(16)17/h3-6,9-10,14H,2,12H2,1H3/t9-,10-/m1/s1. The van der Waals surface area contributed by atoms with E-state index in [9.17, 15) is 20.0 Å². The molecule has 0 spiro atoms. The second kappa shape index (κ2) is 6.08. The van der Waals surface area contributed by atoms with Crippen LogP contribution in [-0.2, 0) is 9.53 Å². The molecule has 0 aromatic heterocycles. The predicted molar refractivity (Wildman–Crippen MR) is 62.7 cm³/mol. The predicted octanol–water partition coefficient (Wildman–Crippen LogP) is 0.519. The zero-order chi connectivity index (χ0) is 13.7. The number of non-ortho nitro benzene ring substituents is 1. The molecule has 0 aliphatic rings. The minimum Gasteiger partial charge on any atom is -0.465 e. The first-order chi connectivity index (χ1) is 8.47. The van der Waals surface area contributed by atoms with Gasteiger partial charge in [-0.2, -0.15) is 0 Å². The molecule has 0 amide bonds. The number of nitro groups is 1. The maximum absolute atomic E-state index is 11.3. The van der Waals surface area contributed by atoms with E-state index < -0.39 is 23.0 Å². The number of carbonyl (C=O) groups excluding carboxylic acids is 1. The number of esters is 1. The Morgan fingerprint density at radius 2 is 2.28 bits per heavy atom. The third-order valence-corrected chi connectivity index (χ3v) is 2.32. The molecule has 7 nitrogen and oxygen atoms in total. The zero-order valence-corrected chi connectivity index (χ0v) is 9.78. The molecule has 0 heterocycles. The summed E-state index contributed by atoms with van der Waals surface area (Å²) in [6, 6.07) is 4.05. The Kier molecular flexibility index (Phi) is 4.75. The smallest absolute Gasteiger partial charge is 0.325 e. The molecule has 1 aromatic carbocycles. The molecule has 0 saturated heterocycles. The number of nitrogens with two attached hydrogens (primary N) is 1. The number of nitrogens with zero attached hydrogens (tertiary/aromatic N) is 1. The van der Waals surface area contributed by atoms with Gasteiger partial charge in [-0.25, -0.2) is 0 Å². The molecule has 2 atom stereocenters. The number of rotatable bonds is 5. The Hall–Kier alpha value is -1.99. The van der Waals surface area contributed by atoms with Gasteiger partial charge in [0.25, 0.3) is 5.69 Å². The molecule has 0 unspecified atom stereocenters. The van der Waals surface area contributed by atoms with E-state index in [0.717, 1.165) is 0 Å². The van der Waals surface area contributed by atoms with Crippen molar-refractivity contribution in [2.24, 2.45) is 5.73 Å². The highest BCUT2D eigenvalue weighted by Crippen LogP contribution is 2.21. The van der Waals surface area contributed by atoms with E-state index in [4.69, 9.17) is 5.73 Å². The van der Waals surface area contributed by atoms with Crippen LogP contribution >= 0.6 is 0 Å². The van der Waals surface area contributed by atoms with Gasteiger partial charge < -0.3 is 15.6 Å². The van der Waals surface area contributed by atoms with Gasteiger partial charge in [0.1, 0.15) is 12.1 Å². The van der Waals surface area contributed by atoms with Crippen molar-refractivity contribution in [3.63, 3.8) is 0 Å². The molecule has 0 aliphatic heterocycles. The van der Waals surface area contributed by atoms with Crippen molar-refractivity contribution in [2.75, 3.05) is 6.61 Å². The first-order valence-electron chi connectivity index (χ1n) is 5.32. The average Bonchev–Trinajstić information content (AvgIpc) is 2.37. The van der Waals surface area contributed by atoms with Gasteiger partial charge in [-0.15, -0.1) is 0 Å². The van der Waals surface area contributed by atoms with Gasteiger partial charge >= 0.3 is 5.97 Å². The van der Waals surface area contributed by atoms with Crippen molar-refractivity contribution in [1.29, 1.82) is 0 Å². The average molecular weight is 254 g/mol. The molecular formula is C11H14N2O5. The summed E-state index contributed by atoms with van der Waals surface area (Å²) in [4.78, 5) is 21.3. The van der Waals surface area contributed by atoms with Crippen LogP contribution in [0.4, 0.5) is 5.69 Å². The lowest BCUT2D eigenvalue weighted by molar-refractivity contribution is -0.385. The third kappa shape index (κ3) is 3.25. The van der Waals surface area contributed by atoms with Crippen molar-refractivity contribution in [1.82, 2.24) is 0 Å². The van der Waals surface area contributed by atoms with Gasteiger partial charge in [0.05, 0.1) is 11.5 Å². The monoisotopic (exact) mass is 254 g/mol. The number of aliphatic hydroxyl groups is 1. The Morgan fingerprint density at radius 3 is 2.83 bits per heavy atom. The van der Waals surface area contributed by atoms with E-state index >= 15 is 0 Å². The molecule has 7 heteroatoms. The van der Waals surface area contributed by atoms with Gasteiger partial charge in [-0.1, -0.05) is 12.1 Å². The van der Waals surface area contributed by atoms with Crippen LogP contribution in [0, 0.1) is 10.1 Å². The van der Waals surface area contributed by atoms with Crippen LogP contribution in [0.25, 0.3) is 0 Å². The summed E-state index contributed by atoms with van der Waals surface area (Å²) in [6.45, 7) is 1.76. The lowest BCUT2D eigenvalue weighted by Crippen LogP contribution is -2.38. The molecule has 18 heavy (non-hydrogen) atoms. The van der Waals surface area contributed by atoms with E-state index in [1.165, 1.54) is 24.3 Å². The summed E-state index contributed by atoms with van der Waals surface area (Å²) in [5.74, 6) is -0.753. The molecular weight excluding hydrogens is 240 g/mol. The van der Waals surface area contributed by atoms with E-state index in [2.05, 4.69) is 4.74 Å². The molecule has 0 bridgehead atoms. The van der Waals surface area contributed by atoms with Gasteiger partial charge in [0.15, 0.2) is 0 Å². The number of hydrogen-bond acceptors (Lipinski definition) is 6. The van der Waals surface area contributed by atoms with E-state index in [1.807, 2.05) is 0 Å². The summed E-state index contributed by atoms with van der Waals surface area (Å²) in [5, 5.41) is 20.4. The number of carbonyl (C=O) groups is 1. The van der Waals surface area contributed by atoms with Gasteiger partial charge in [-0.3, -0.25) is 14.9 Å². The van der Waals surface area contributed by atoms with Gasteiger partial charge in [0, 0.05) is 12.1 Å². The Morgan fingerprint density at radius 1 is 1.61 bits per heavy atom. The van der Waals surface area contributed by atoms with E-state index in [0.29, 0.717) is 0 Å². The lowest BCUT2D eigenvalue weighted by atomic mass is 10.0. The summed E-state index contributed by atoms with van der Waals surface area (Å²) >= 11 is 0. The minimum absolute atomic E-state index is 0.147. The van der Waals surface area contributed by atoms with Crippen molar-refractivity contribution < 1.29 is 19.6 Å². The molecule has 0 fully saturated rings. The van der Waals surface area contributed by atoms with Crippen LogP contribution in [0.1, 0.15) is 18.6 Å². The first-order valence-corrected chi connectivity index (χ1v) is 5.32. The summed E-state index contributed by atoms with van der Waals surface area (Å²) in [6.07, 6.45) is -1.34. The molecule has 1 rings (SSSR count). The molecule has 3 N–H and O–H groups in total. The van der Waals surface area contributed by atoms with Crippen molar-refractivity contribution in [3.05, 3.63) is 39.9 Å². The van der Waals surface area contributed by atoms with Crippen LogP contribution in [0.3, 0.4) is 0 Å². The topological polar surface area (TPSA) is 116 Å². The highest BCUT2D eigenvalue weighted by atomic mass is 16.6. The van der Waals surface area contributed by atoms with Crippen LogP contribution in [0.5, 0.6) is 0 Å². The summed E-state index contributed by atoms with van der Waals surface area (Å²) < 4.78 is 4.67. The lowest BCUT2D eigenvalue weighted by Gasteiger charge is -2.17. The highest BCUT2D eigenvalue weighted by Gasteiger charge is 2.26. The van der Waals surface area contributed by atoms with Crippen LogP contribution < -0.4 is 5.73 Å². The number of benzene rings is 1. The number of hydrogen-bond donors (Lipinski definition) is 2. The van der Waals surface area contributed by atoms with E-state index in [-0.39, 0.29) is 17.9 Å². The molecule has 0 radical (unpaired) electrons. The summed E-state index contributed by atoms with van der Waals surface area (Å²) in [7, 11) is 0. The molecule has 0 saturated carbocycles. The molecule has 98 valence electrons. The summed E-state index contributed by atoms with van der Waals surface area (Å²) in [5.41, 5.74) is 5.53. The second-order valence-electron chi connectivity index (χ2n) is 3.57. The van der Waals surface area contributed by atoms with Crippen molar-refractivity contribution in [2.45, 2.75) is 19.1 Å². The number of aliphatic hydroxyl groups excluding tert-OH is 1. The third-order valence-electron chi connectivity index (χ3n) is 2.32. The molecule has 1 aromatic rings. The quantitative estimate of drug-likeness (QED) is 0.449. The fraction of sp³-hybridized carbons (Fsp3) is 0.364. The minimum atomic E-state index is -1.34. The second-order valence-corrected chi connectivity index (χ2v) is 3.57. The fourth-order valence-corrected chi connectivity index (χ4v) is 1.40.